The summed E-state index contributed by atoms with van der Waals surface area (Å²) < 4.78 is 1.49. The molecule has 2 aromatic carbocycles. The van der Waals surface area contributed by atoms with Crippen molar-refractivity contribution >= 4 is 16.9 Å². The highest BCUT2D eigenvalue weighted by atomic mass is 16.4. The van der Waals surface area contributed by atoms with Gasteiger partial charge in [0.25, 0.3) is 0 Å². The van der Waals surface area contributed by atoms with Gasteiger partial charge in [0, 0.05) is 6.07 Å². The fraction of sp³-hybridized carbons (Fsp3) is 0. The van der Waals surface area contributed by atoms with Crippen LogP contribution in [0.1, 0.15) is 10.4 Å². The maximum atomic E-state index is 12.4. The molecule has 0 spiro atoms. The molecular weight excluding hydrogens is 256 g/mol. The normalized spacial score (nSPS) is 10.6. The summed E-state index contributed by atoms with van der Waals surface area (Å²) >= 11 is 0. The molecule has 1 heterocycles. The zero-order chi connectivity index (χ0) is 14.1. The minimum Gasteiger partial charge on any atom is -0.478 e. The summed E-state index contributed by atoms with van der Waals surface area (Å²) in [5, 5.41) is 9.39. The van der Waals surface area contributed by atoms with Crippen LogP contribution in [0.25, 0.3) is 16.6 Å². The number of aromatic amines is 1. The van der Waals surface area contributed by atoms with Crippen LogP contribution in [-0.2, 0) is 0 Å². The van der Waals surface area contributed by atoms with E-state index in [1.54, 1.807) is 0 Å². The standard InChI is InChI=1S/C15H10N2O3/c18-14-12-7-6-10(15(19)20)8-13(12)16-9-17(14)11-4-2-1-3-5-11/h1-9H,(H,19,20)/p+1. The average Bonchev–Trinajstić information content (AvgIpc) is 2.48. The van der Waals surface area contributed by atoms with E-state index in [1.807, 2.05) is 30.3 Å². The van der Waals surface area contributed by atoms with Crippen molar-refractivity contribution in [3.63, 3.8) is 0 Å². The SMILES string of the molecule is O=C(O)c1ccc2c(=O)n(-c3ccccc3)c[nH+]c2c1. The van der Waals surface area contributed by atoms with Gasteiger partial charge in [-0.15, -0.1) is 0 Å². The number of hydrogen-bond acceptors (Lipinski definition) is 2. The maximum absolute atomic E-state index is 12.4. The van der Waals surface area contributed by atoms with E-state index in [4.69, 9.17) is 5.11 Å². The molecule has 0 atom stereocenters. The summed E-state index contributed by atoms with van der Waals surface area (Å²) in [5.74, 6) is -1.02. The van der Waals surface area contributed by atoms with Crippen LogP contribution in [0.3, 0.4) is 0 Å². The molecule has 1 aromatic heterocycles. The topological polar surface area (TPSA) is 73.4 Å². The van der Waals surface area contributed by atoms with Crippen molar-refractivity contribution in [1.82, 2.24) is 4.57 Å². The van der Waals surface area contributed by atoms with Gasteiger partial charge in [-0.25, -0.2) is 14.6 Å². The first-order chi connectivity index (χ1) is 9.66. The van der Waals surface area contributed by atoms with E-state index >= 15 is 0 Å². The highest BCUT2D eigenvalue weighted by molar-refractivity contribution is 5.91. The third-order valence-electron chi connectivity index (χ3n) is 3.10. The summed E-state index contributed by atoms with van der Waals surface area (Å²) in [6, 6.07) is 13.6. The van der Waals surface area contributed by atoms with Crippen LogP contribution in [0, 0.1) is 0 Å². The van der Waals surface area contributed by atoms with Crippen LogP contribution in [0.5, 0.6) is 0 Å². The lowest BCUT2D eigenvalue weighted by Crippen LogP contribution is -2.25. The number of fused-ring (bicyclic) bond motifs is 1. The lowest BCUT2D eigenvalue weighted by molar-refractivity contribution is -0.351. The van der Waals surface area contributed by atoms with Gasteiger partial charge < -0.3 is 5.11 Å². The van der Waals surface area contributed by atoms with Crippen LogP contribution >= 0.6 is 0 Å². The third kappa shape index (κ3) is 1.95. The Balaban J connectivity index is 2.25. The van der Waals surface area contributed by atoms with Gasteiger partial charge in [0.05, 0.1) is 5.56 Å². The van der Waals surface area contributed by atoms with Crippen molar-refractivity contribution in [2.45, 2.75) is 0 Å². The van der Waals surface area contributed by atoms with Crippen LogP contribution < -0.4 is 10.5 Å². The van der Waals surface area contributed by atoms with Crippen molar-refractivity contribution in [3.05, 3.63) is 70.8 Å². The second kappa shape index (κ2) is 4.62. The highest BCUT2D eigenvalue weighted by Gasteiger charge is 2.13. The Morgan fingerprint density at radius 3 is 2.55 bits per heavy atom. The number of H-pyrrole nitrogens is 1. The summed E-state index contributed by atoms with van der Waals surface area (Å²) in [7, 11) is 0. The molecule has 3 aromatic rings. The second-order valence-electron chi connectivity index (χ2n) is 4.35. The number of carbonyl (C=O) groups is 1. The molecule has 0 radical (unpaired) electrons. The summed E-state index contributed by atoms with van der Waals surface area (Å²) in [5.41, 5.74) is 1.20. The number of carboxylic acid groups (broad SMARTS) is 1. The lowest BCUT2D eigenvalue weighted by Gasteiger charge is -2.00. The largest absolute Gasteiger partial charge is 0.478 e. The predicted molar refractivity (Wildman–Crippen MR) is 73.1 cm³/mol. The lowest BCUT2D eigenvalue weighted by atomic mass is 10.1. The van der Waals surface area contributed by atoms with E-state index in [0.29, 0.717) is 10.9 Å². The van der Waals surface area contributed by atoms with E-state index in [-0.39, 0.29) is 11.1 Å². The Morgan fingerprint density at radius 1 is 1.10 bits per heavy atom. The molecule has 5 heteroatoms. The fourth-order valence-corrected chi connectivity index (χ4v) is 2.09. The quantitative estimate of drug-likeness (QED) is 0.764. The second-order valence-corrected chi connectivity index (χ2v) is 4.35. The van der Waals surface area contributed by atoms with Gasteiger partial charge in [-0.1, -0.05) is 18.2 Å². The molecule has 5 nitrogen and oxygen atoms in total. The average molecular weight is 267 g/mol. The van der Waals surface area contributed by atoms with Crippen LogP contribution in [0.15, 0.2) is 59.7 Å². The molecule has 98 valence electrons. The molecular formula is C15H11N2O3+. The number of benzene rings is 2. The van der Waals surface area contributed by atoms with Crippen molar-refractivity contribution in [2.24, 2.45) is 0 Å². The van der Waals surface area contributed by atoms with E-state index in [0.717, 1.165) is 5.69 Å². The number of carboxylic acids is 1. The van der Waals surface area contributed by atoms with E-state index in [2.05, 4.69) is 4.98 Å². The minimum absolute atomic E-state index is 0.144. The van der Waals surface area contributed by atoms with Crippen LogP contribution in [0.2, 0.25) is 0 Å². The number of aromatic nitrogens is 2. The van der Waals surface area contributed by atoms with Gasteiger partial charge in [0.1, 0.15) is 16.6 Å². The van der Waals surface area contributed by atoms with Gasteiger partial charge in [0.15, 0.2) is 0 Å². The maximum Gasteiger partial charge on any atom is 0.350 e. The molecule has 2 N–H and O–H groups in total. The van der Waals surface area contributed by atoms with Crippen LogP contribution in [0.4, 0.5) is 0 Å². The monoisotopic (exact) mass is 267 g/mol. The van der Waals surface area contributed by atoms with E-state index < -0.39 is 5.97 Å². The smallest absolute Gasteiger partial charge is 0.350 e. The first kappa shape index (κ1) is 12.1. The van der Waals surface area contributed by atoms with Crippen LogP contribution in [-0.4, -0.2) is 15.6 Å². The number of nitrogens with zero attached hydrogens (tertiary/aromatic N) is 1. The van der Waals surface area contributed by atoms with Gasteiger partial charge in [-0.3, -0.25) is 0 Å². The van der Waals surface area contributed by atoms with Crippen molar-refractivity contribution < 1.29 is 14.9 Å². The van der Waals surface area contributed by atoms with Gasteiger partial charge in [-0.2, -0.15) is 4.57 Å². The summed E-state index contributed by atoms with van der Waals surface area (Å²) in [4.78, 5) is 26.3. The van der Waals surface area contributed by atoms with Crippen molar-refractivity contribution in [1.29, 1.82) is 0 Å². The fourth-order valence-electron chi connectivity index (χ4n) is 2.09. The third-order valence-corrected chi connectivity index (χ3v) is 3.10. The van der Waals surface area contributed by atoms with E-state index in [1.165, 1.54) is 29.1 Å². The Morgan fingerprint density at radius 2 is 1.85 bits per heavy atom. The predicted octanol–water partition coefficient (Wildman–Crippen LogP) is 1.50. The van der Waals surface area contributed by atoms with Gasteiger partial charge >= 0.3 is 11.5 Å². The molecule has 0 amide bonds. The Hall–Kier alpha value is -2.95. The van der Waals surface area contributed by atoms with Gasteiger partial charge in [-0.05, 0) is 24.3 Å². The first-order valence-corrected chi connectivity index (χ1v) is 6.02. The molecule has 0 bridgehead atoms. The zero-order valence-electron chi connectivity index (χ0n) is 10.4. The Labute approximate surface area is 113 Å². The van der Waals surface area contributed by atoms with E-state index in [9.17, 15) is 9.59 Å². The summed E-state index contributed by atoms with van der Waals surface area (Å²) in [6.45, 7) is 0. The Kier molecular flexibility index (Phi) is 2.80. The number of hydrogen-bond donors (Lipinski definition) is 1. The highest BCUT2D eigenvalue weighted by Crippen LogP contribution is 2.10. The minimum atomic E-state index is -1.02. The molecule has 0 aliphatic heterocycles. The number of aromatic carboxylic acids is 1. The molecule has 0 saturated carbocycles. The molecule has 0 saturated heterocycles. The molecule has 0 unspecified atom stereocenters. The summed E-state index contributed by atoms with van der Waals surface area (Å²) in [6.07, 6.45) is 1.53. The molecule has 0 aliphatic carbocycles. The molecule has 20 heavy (non-hydrogen) atoms. The van der Waals surface area contributed by atoms with Crippen molar-refractivity contribution in [3.8, 4) is 5.69 Å². The molecule has 0 aliphatic rings. The first-order valence-electron chi connectivity index (χ1n) is 6.02. The molecule has 0 fully saturated rings. The number of para-hydroxylation sites is 1. The molecule has 3 rings (SSSR count). The zero-order valence-corrected chi connectivity index (χ0v) is 10.4. The van der Waals surface area contributed by atoms with Crippen molar-refractivity contribution in [2.75, 3.05) is 0 Å². The van der Waals surface area contributed by atoms with Gasteiger partial charge in [0.2, 0.25) is 6.33 Å². The number of rotatable bonds is 2. The Bertz CT molecular complexity index is 854. The number of nitrogens with one attached hydrogen (secondary N) is 1.